The number of tetrazole rings is 1. The number of aryl methyl sites for hydroxylation is 1. The minimum absolute atomic E-state index is 0.328. The number of carbonyl (C=O) groups is 1. The monoisotopic (exact) mass is 384 g/mol. The lowest BCUT2D eigenvalue weighted by atomic mass is 10.1. The maximum atomic E-state index is 11.3. The first-order valence-electron chi connectivity index (χ1n) is 6.28. The van der Waals surface area contributed by atoms with Gasteiger partial charge in [-0.15, -0.1) is 5.10 Å². The largest absolute Gasteiger partial charge is 0.481 e. The van der Waals surface area contributed by atoms with Gasteiger partial charge in [-0.25, -0.2) is 4.68 Å². The zero-order chi connectivity index (χ0) is 14.3. The summed E-state index contributed by atoms with van der Waals surface area (Å²) in [5.74, 6) is -0.136. The molecule has 0 spiro atoms. The number of aliphatic carboxylic acids is 1. The molecule has 20 heavy (non-hydrogen) atoms. The van der Waals surface area contributed by atoms with Gasteiger partial charge in [0.1, 0.15) is 0 Å². The van der Waals surface area contributed by atoms with Gasteiger partial charge in [-0.3, -0.25) is 4.79 Å². The van der Waals surface area contributed by atoms with Crippen molar-refractivity contribution in [3.8, 4) is 11.4 Å². The van der Waals surface area contributed by atoms with E-state index in [-0.39, 0.29) is 0 Å². The predicted octanol–water partition coefficient (Wildman–Crippen LogP) is 2.12. The second kappa shape index (κ2) is 4.80. The summed E-state index contributed by atoms with van der Waals surface area (Å²) in [4.78, 5) is 11.3. The fourth-order valence-electron chi connectivity index (χ4n) is 2.20. The topological polar surface area (TPSA) is 80.9 Å². The highest BCUT2D eigenvalue weighted by Gasteiger charge is 2.51. The molecule has 0 amide bonds. The van der Waals surface area contributed by atoms with Crippen LogP contribution in [0.2, 0.25) is 0 Å². The highest BCUT2D eigenvalue weighted by Crippen LogP contribution is 2.47. The van der Waals surface area contributed by atoms with Gasteiger partial charge in [-0.05, 0) is 58.3 Å². The highest BCUT2D eigenvalue weighted by atomic mass is 127. The van der Waals surface area contributed by atoms with Crippen molar-refractivity contribution in [2.45, 2.75) is 26.3 Å². The van der Waals surface area contributed by atoms with Crippen LogP contribution in [-0.4, -0.2) is 31.3 Å². The molecule has 6 nitrogen and oxygen atoms in total. The van der Waals surface area contributed by atoms with Crippen LogP contribution < -0.4 is 0 Å². The maximum Gasteiger partial charge on any atom is 0.311 e. The van der Waals surface area contributed by atoms with Crippen molar-refractivity contribution in [2.75, 3.05) is 0 Å². The van der Waals surface area contributed by atoms with Gasteiger partial charge >= 0.3 is 5.97 Å². The number of hydrogen-bond acceptors (Lipinski definition) is 4. The molecular formula is C13H13IN4O2. The Morgan fingerprint density at radius 2 is 2.25 bits per heavy atom. The van der Waals surface area contributed by atoms with Crippen molar-refractivity contribution in [1.82, 2.24) is 20.2 Å². The van der Waals surface area contributed by atoms with E-state index >= 15 is 0 Å². The Labute approximate surface area is 129 Å². The van der Waals surface area contributed by atoms with E-state index in [0.717, 1.165) is 14.7 Å². The Bertz CT molecular complexity index is 679. The smallest absolute Gasteiger partial charge is 0.311 e. The van der Waals surface area contributed by atoms with Gasteiger partial charge in [0.2, 0.25) is 0 Å². The van der Waals surface area contributed by atoms with E-state index in [1.54, 1.807) is 4.68 Å². The Morgan fingerprint density at radius 1 is 1.50 bits per heavy atom. The van der Waals surface area contributed by atoms with Crippen molar-refractivity contribution in [3.63, 3.8) is 0 Å². The quantitative estimate of drug-likeness (QED) is 0.817. The summed E-state index contributed by atoms with van der Waals surface area (Å²) >= 11 is 2.26. The Kier molecular flexibility index (Phi) is 3.23. The fourth-order valence-corrected chi connectivity index (χ4v) is 2.80. The summed E-state index contributed by atoms with van der Waals surface area (Å²) in [5.41, 5.74) is 1.41. The molecule has 104 valence electrons. The summed E-state index contributed by atoms with van der Waals surface area (Å²) in [5, 5.41) is 21.0. The average molecular weight is 384 g/mol. The molecule has 0 unspecified atom stereocenters. The predicted molar refractivity (Wildman–Crippen MR) is 80.0 cm³/mol. The normalized spacial score (nSPS) is 16.1. The minimum Gasteiger partial charge on any atom is -0.481 e. The van der Waals surface area contributed by atoms with Crippen molar-refractivity contribution >= 4 is 28.6 Å². The van der Waals surface area contributed by atoms with Gasteiger partial charge in [0, 0.05) is 9.13 Å². The number of halogens is 1. The van der Waals surface area contributed by atoms with E-state index < -0.39 is 11.4 Å². The number of hydrogen-bond donors (Lipinski definition) is 1. The first kappa shape index (κ1) is 13.5. The molecule has 1 aromatic carbocycles. The molecule has 1 saturated carbocycles. The van der Waals surface area contributed by atoms with Crippen LogP contribution in [0.5, 0.6) is 0 Å². The number of benzene rings is 1. The van der Waals surface area contributed by atoms with Crippen LogP contribution >= 0.6 is 22.6 Å². The highest BCUT2D eigenvalue weighted by molar-refractivity contribution is 14.1. The third-order valence-electron chi connectivity index (χ3n) is 3.72. The number of carboxylic acid groups (broad SMARTS) is 1. The SMILES string of the molecule is Cc1cccc(-c2nnnn2CC2(C(=O)O)CC2)c1I. The summed E-state index contributed by atoms with van der Waals surface area (Å²) in [6, 6.07) is 5.94. The van der Waals surface area contributed by atoms with Crippen LogP contribution in [0.3, 0.4) is 0 Å². The lowest BCUT2D eigenvalue weighted by Crippen LogP contribution is -2.22. The Morgan fingerprint density at radius 3 is 2.90 bits per heavy atom. The number of carboxylic acids is 1. The molecular weight excluding hydrogens is 371 g/mol. The molecule has 0 atom stereocenters. The molecule has 1 heterocycles. The lowest BCUT2D eigenvalue weighted by Gasteiger charge is -2.12. The Balaban J connectivity index is 1.99. The first-order valence-corrected chi connectivity index (χ1v) is 7.36. The molecule has 1 N–H and O–H groups in total. The van der Waals surface area contributed by atoms with Crippen LogP contribution in [-0.2, 0) is 11.3 Å². The van der Waals surface area contributed by atoms with Gasteiger partial charge in [-0.1, -0.05) is 18.2 Å². The molecule has 1 aromatic heterocycles. The van der Waals surface area contributed by atoms with Crippen molar-refractivity contribution < 1.29 is 9.90 Å². The van der Waals surface area contributed by atoms with Crippen LogP contribution in [0.25, 0.3) is 11.4 Å². The number of rotatable bonds is 4. The zero-order valence-corrected chi connectivity index (χ0v) is 13.0. The molecule has 1 aliphatic rings. The van der Waals surface area contributed by atoms with Crippen LogP contribution in [0, 0.1) is 15.9 Å². The molecule has 0 radical (unpaired) electrons. The minimum atomic E-state index is -0.766. The summed E-state index contributed by atoms with van der Waals surface area (Å²) in [7, 11) is 0. The average Bonchev–Trinajstić information content (AvgIpc) is 3.06. The van der Waals surface area contributed by atoms with Crippen molar-refractivity contribution in [2.24, 2.45) is 5.41 Å². The van der Waals surface area contributed by atoms with Crippen LogP contribution in [0.15, 0.2) is 18.2 Å². The van der Waals surface area contributed by atoms with E-state index in [2.05, 4.69) is 38.1 Å². The van der Waals surface area contributed by atoms with Crippen LogP contribution in [0.1, 0.15) is 18.4 Å². The van der Waals surface area contributed by atoms with E-state index in [0.29, 0.717) is 25.2 Å². The Hall–Kier alpha value is -1.51. The number of nitrogens with zero attached hydrogens (tertiary/aromatic N) is 4. The fraction of sp³-hybridized carbons (Fsp3) is 0.385. The standard InChI is InChI=1S/C13H13IN4O2/c1-8-3-2-4-9(10(8)14)11-15-16-17-18(11)7-13(5-6-13)12(19)20/h2-4H,5-7H2,1H3,(H,19,20). The van der Waals surface area contributed by atoms with Gasteiger partial charge in [0.15, 0.2) is 5.82 Å². The molecule has 2 aromatic rings. The van der Waals surface area contributed by atoms with Gasteiger partial charge in [0.25, 0.3) is 0 Å². The molecule has 0 saturated heterocycles. The van der Waals surface area contributed by atoms with Gasteiger partial charge < -0.3 is 5.11 Å². The summed E-state index contributed by atoms with van der Waals surface area (Å²) in [6.07, 6.45) is 1.37. The van der Waals surface area contributed by atoms with Crippen molar-refractivity contribution in [3.05, 3.63) is 27.3 Å². The molecule has 3 rings (SSSR count). The third kappa shape index (κ3) is 2.19. The number of aromatic nitrogens is 4. The second-order valence-electron chi connectivity index (χ2n) is 5.18. The molecule has 7 heteroatoms. The second-order valence-corrected chi connectivity index (χ2v) is 6.26. The van der Waals surface area contributed by atoms with Crippen molar-refractivity contribution in [1.29, 1.82) is 0 Å². The van der Waals surface area contributed by atoms with E-state index in [1.165, 1.54) is 0 Å². The molecule has 1 fully saturated rings. The zero-order valence-electron chi connectivity index (χ0n) is 10.9. The lowest BCUT2D eigenvalue weighted by molar-refractivity contribution is -0.144. The summed E-state index contributed by atoms with van der Waals surface area (Å²) < 4.78 is 2.69. The maximum absolute atomic E-state index is 11.3. The van der Waals surface area contributed by atoms with E-state index in [1.807, 2.05) is 25.1 Å². The molecule has 1 aliphatic carbocycles. The van der Waals surface area contributed by atoms with E-state index in [9.17, 15) is 9.90 Å². The van der Waals surface area contributed by atoms with Gasteiger partial charge in [0.05, 0.1) is 12.0 Å². The van der Waals surface area contributed by atoms with E-state index in [4.69, 9.17) is 0 Å². The third-order valence-corrected chi connectivity index (χ3v) is 5.16. The first-order chi connectivity index (χ1) is 9.53. The van der Waals surface area contributed by atoms with Crippen LogP contribution in [0.4, 0.5) is 0 Å². The molecule has 0 bridgehead atoms. The summed E-state index contributed by atoms with van der Waals surface area (Å²) in [6.45, 7) is 2.35. The molecule has 0 aliphatic heterocycles. The van der Waals surface area contributed by atoms with Gasteiger partial charge in [-0.2, -0.15) is 0 Å².